The third-order valence-corrected chi connectivity index (χ3v) is 2.12. The van der Waals surface area contributed by atoms with Crippen molar-refractivity contribution in [2.24, 2.45) is 0 Å². The van der Waals surface area contributed by atoms with E-state index in [1.54, 1.807) is 6.92 Å². The van der Waals surface area contributed by atoms with Crippen molar-refractivity contribution in [3.05, 3.63) is 0 Å². The van der Waals surface area contributed by atoms with Crippen molar-refractivity contribution in [3.8, 4) is 0 Å². The van der Waals surface area contributed by atoms with Crippen molar-refractivity contribution in [2.75, 3.05) is 20.2 Å². The minimum atomic E-state index is -0.780. The minimum absolute atomic E-state index is 0. The molecule has 0 aliphatic heterocycles. The molecule has 0 aliphatic rings. The summed E-state index contributed by atoms with van der Waals surface area (Å²) in [5, 5.41) is 8.72. The fraction of sp³-hybridized carbons (Fsp3) is 0.900. The van der Waals surface area contributed by atoms with Crippen molar-refractivity contribution in [2.45, 2.75) is 39.3 Å². The van der Waals surface area contributed by atoms with Crippen LogP contribution < -0.4 is 0 Å². The van der Waals surface area contributed by atoms with Crippen LogP contribution in [-0.2, 0) is 9.53 Å². The molecule has 0 saturated heterocycles. The molecule has 0 aromatic heterocycles. The van der Waals surface area contributed by atoms with Gasteiger partial charge in [0.1, 0.15) is 6.04 Å². The van der Waals surface area contributed by atoms with Crippen LogP contribution in [0.5, 0.6) is 0 Å². The molecule has 0 rings (SSSR count). The van der Waals surface area contributed by atoms with E-state index in [0.717, 1.165) is 13.0 Å². The van der Waals surface area contributed by atoms with Gasteiger partial charge in [0, 0.05) is 13.2 Å². The second kappa shape index (κ2) is 8.95. The Morgan fingerprint density at radius 3 is 2.33 bits per heavy atom. The smallest absolute Gasteiger partial charge is 0.320 e. The van der Waals surface area contributed by atoms with Crippen molar-refractivity contribution >= 4 is 18.4 Å². The standard InChI is InChI=1S/C10H21NO3.ClH/c1-8(2)14-7-5-6-11(4)9(3)10(12)13;/h8-9H,5-7H2,1-4H3,(H,12,13);1H. The number of carbonyl (C=O) groups is 1. The van der Waals surface area contributed by atoms with Gasteiger partial charge in [-0.25, -0.2) is 0 Å². The molecule has 5 heteroatoms. The van der Waals surface area contributed by atoms with Gasteiger partial charge in [-0.15, -0.1) is 12.4 Å². The third kappa shape index (κ3) is 8.66. The number of rotatable bonds is 7. The van der Waals surface area contributed by atoms with E-state index in [1.165, 1.54) is 0 Å². The lowest BCUT2D eigenvalue weighted by Gasteiger charge is -2.21. The lowest BCUT2D eigenvalue weighted by Crippen LogP contribution is -2.36. The predicted molar refractivity (Wildman–Crippen MR) is 62.7 cm³/mol. The van der Waals surface area contributed by atoms with Crippen LogP contribution >= 0.6 is 12.4 Å². The van der Waals surface area contributed by atoms with Crippen LogP contribution in [0.25, 0.3) is 0 Å². The van der Waals surface area contributed by atoms with Crippen molar-refractivity contribution in [1.82, 2.24) is 4.90 Å². The van der Waals surface area contributed by atoms with Gasteiger partial charge in [-0.05, 0) is 34.2 Å². The Hall–Kier alpha value is -0.320. The van der Waals surface area contributed by atoms with E-state index in [1.807, 2.05) is 25.8 Å². The van der Waals surface area contributed by atoms with Gasteiger partial charge >= 0.3 is 5.97 Å². The van der Waals surface area contributed by atoms with Crippen LogP contribution in [0.3, 0.4) is 0 Å². The van der Waals surface area contributed by atoms with Gasteiger partial charge in [-0.2, -0.15) is 0 Å². The average molecular weight is 240 g/mol. The molecule has 15 heavy (non-hydrogen) atoms. The van der Waals surface area contributed by atoms with Gasteiger partial charge in [0.25, 0.3) is 0 Å². The van der Waals surface area contributed by atoms with Crippen LogP contribution in [0.2, 0.25) is 0 Å². The van der Waals surface area contributed by atoms with Crippen molar-refractivity contribution in [3.63, 3.8) is 0 Å². The zero-order chi connectivity index (χ0) is 11.1. The number of carboxylic acid groups (broad SMARTS) is 1. The maximum atomic E-state index is 10.6. The van der Waals surface area contributed by atoms with E-state index in [-0.39, 0.29) is 18.5 Å². The molecule has 1 N–H and O–H groups in total. The first-order valence-corrected chi connectivity index (χ1v) is 4.99. The highest BCUT2D eigenvalue weighted by molar-refractivity contribution is 5.85. The van der Waals surface area contributed by atoms with Crippen LogP contribution in [0.4, 0.5) is 0 Å². The van der Waals surface area contributed by atoms with Gasteiger partial charge < -0.3 is 9.84 Å². The molecule has 4 nitrogen and oxygen atoms in total. The van der Waals surface area contributed by atoms with E-state index in [0.29, 0.717) is 6.61 Å². The monoisotopic (exact) mass is 239 g/mol. The molecule has 0 amide bonds. The Bertz CT molecular complexity index is 176. The van der Waals surface area contributed by atoms with Crippen LogP contribution in [-0.4, -0.2) is 48.3 Å². The van der Waals surface area contributed by atoms with E-state index < -0.39 is 12.0 Å². The average Bonchev–Trinajstić information content (AvgIpc) is 2.10. The molecule has 92 valence electrons. The summed E-state index contributed by atoms with van der Waals surface area (Å²) in [7, 11) is 1.81. The number of aliphatic carboxylic acids is 1. The normalized spacial score (nSPS) is 12.7. The number of ether oxygens (including phenoxy) is 1. The Balaban J connectivity index is 0. The van der Waals surface area contributed by atoms with Gasteiger partial charge in [0.15, 0.2) is 0 Å². The summed E-state index contributed by atoms with van der Waals surface area (Å²) in [5.41, 5.74) is 0. The largest absolute Gasteiger partial charge is 0.480 e. The molecule has 1 unspecified atom stereocenters. The fourth-order valence-electron chi connectivity index (χ4n) is 1.02. The van der Waals surface area contributed by atoms with E-state index >= 15 is 0 Å². The van der Waals surface area contributed by atoms with Gasteiger partial charge in [0.05, 0.1) is 6.10 Å². The highest BCUT2D eigenvalue weighted by Gasteiger charge is 2.15. The van der Waals surface area contributed by atoms with Crippen LogP contribution in [0.1, 0.15) is 27.2 Å². The summed E-state index contributed by atoms with van der Waals surface area (Å²) in [6, 6.07) is -0.422. The molecular formula is C10H22ClNO3. The van der Waals surface area contributed by atoms with Crippen LogP contribution in [0.15, 0.2) is 0 Å². The van der Waals surface area contributed by atoms with E-state index in [9.17, 15) is 4.79 Å². The first-order chi connectivity index (χ1) is 6.45. The molecule has 0 radical (unpaired) electrons. The summed E-state index contributed by atoms with van der Waals surface area (Å²) in [6.07, 6.45) is 1.11. The fourth-order valence-corrected chi connectivity index (χ4v) is 1.02. The second-order valence-corrected chi connectivity index (χ2v) is 3.77. The number of carboxylic acids is 1. The van der Waals surface area contributed by atoms with Gasteiger partial charge in [-0.1, -0.05) is 0 Å². The lowest BCUT2D eigenvalue weighted by atomic mass is 10.3. The zero-order valence-electron chi connectivity index (χ0n) is 9.90. The SMILES string of the molecule is CC(C)OCCCN(C)C(C)C(=O)O.Cl. The lowest BCUT2D eigenvalue weighted by molar-refractivity contribution is -0.142. The number of hydrogen-bond acceptors (Lipinski definition) is 3. The van der Waals surface area contributed by atoms with Crippen molar-refractivity contribution in [1.29, 1.82) is 0 Å². The second-order valence-electron chi connectivity index (χ2n) is 3.77. The first kappa shape index (κ1) is 17.1. The number of nitrogens with zero attached hydrogens (tertiary/aromatic N) is 1. The van der Waals surface area contributed by atoms with E-state index in [4.69, 9.17) is 9.84 Å². The molecule has 0 fully saturated rings. The molecule has 0 aromatic rings. The molecule has 0 aliphatic carbocycles. The maximum Gasteiger partial charge on any atom is 0.320 e. The molecule has 0 bridgehead atoms. The highest BCUT2D eigenvalue weighted by atomic mass is 35.5. The molecule has 0 spiro atoms. The molecule has 0 aromatic carbocycles. The number of halogens is 1. The minimum Gasteiger partial charge on any atom is -0.480 e. The number of hydrogen-bond donors (Lipinski definition) is 1. The summed E-state index contributed by atoms with van der Waals surface area (Å²) < 4.78 is 5.36. The Morgan fingerprint density at radius 1 is 1.40 bits per heavy atom. The summed E-state index contributed by atoms with van der Waals surface area (Å²) >= 11 is 0. The third-order valence-electron chi connectivity index (χ3n) is 2.12. The van der Waals surface area contributed by atoms with Gasteiger partial charge in [0.2, 0.25) is 0 Å². The van der Waals surface area contributed by atoms with Crippen LogP contribution in [0, 0.1) is 0 Å². The Morgan fingerprint density at radius 2 is 1.93 bits per heavy atom. The maximum absolute atomic E-state index is 10.6. The topological polar surface area (TPSA) is 49.8 Å². The quantitative estimate of drug-likeness (QED) is 0.686. The Labute approximate surface area is 98.0 Å². The molecular weight excluding hydrogens is 218 g/mol. The molecule has 1 atom stereocenters. The Kier molecular flexibility index (Phi) is 10.2. The highest BCUT2D eigenvalue weighted by Crippen LogP contribution is 1.98. The summed E-state index contributed by atoms with van der Waals surface area (Å²) in [6.45, 7) is 7.10. The summed E-state index contributed by atoms with van der Waals surface area (Å²) in [5.74, 6) is -0.780. The number of likely N-dealkylation sites (N-methyl/N-ethyl adjacent to an activating group) is 1. The predicted octanol–water partition coefficient (Wildman–Crippen LogP) is 1.63. The van der Waals surface area contributed by atoms with E-state index in [2.05, 4.69) is 0 Å². The summed E-state index contributed by atoms with van der Waals surface area (Å²) in [4.78, 5) is 12.4. The van der Waals surface area contributed by atoms with Gasteiger partial charge in [-0.3, -0.25) is 9.69 Å². The molecule has 0 heterocycles. The zero-order valence-corrected chi connectivity index (χ0v) is 10.7. The first-order valence-electron chi connectivity index (χ1n) is 4.99. The van der Waals surface area contributed by atoms with Crippen molar-refractivity contribution < 1.29 is 14.6 Å². The molecule has 0 saturated carbocycles.